The number of nitrogens with two attached hydrogens (primary N) is 1. The number of nitrogens with one attached hydrogen (secondary N) is 1. The predicted molar refractivity (Wildman–Crippen MR) is 70.8 cm³/mol. The third-order valence-electron chi connectivity index (χ3n) is 3.55. The summed E-state index contributed by atoms with van der Waals surface area (Å²) in [4.78, 5) is 25.6. The molecule has 0 radical (unpaired) electrons. The van der Waals surface area contributed by atoms with E-state index in [1.165, 1.54) is 0 Å². The Morgan fingerprint density at radius 3 is 2.50 bits per heavy atom. The SMILES string of the molecule is CNC(=O)C1CCCN(C(=O)[C@H](N)C(C)(C)C)C1. The van der Waals surface area contributed by atoms with E-state index in [9.17, 15) is 9.59 Å². The van der Waals surface area contributed by atoms with Crippen molar-refractivity contribution in [3.63, 3.8) is 0 Å². The molecule has 2 amide bonds. The Morgan fingerprint density at radius 2 is 2.00 bits per heavy atom. The van der Waals surface area contributed by atoms with Crippen LogP contribution in [0.1, 0.15) is 33.6 Å². The van der Waals surface area contributed by atoms with Crippen LogP contribution in [0.5, 0.6) is 0 Å². The van der Waals surface area contributed by atoms with Crippen LogP contribution in [0.25, 0.3) is 0 Å². The fourth-order valence-corrected chi connectivity index (χ4v) is 2.16. The number of likely N-dealkylation sites (tertiary alicyclic amines) is 1. The Morgan fingerprint density at radius 1 is 1.39 bits per heavy atom. The summed E-state index contributed by atoms with van der Waals surface area (Å²) in [6.45, 7) is 7.06. The maximum atomic E-state index is 12.3. The zero-order chi connectivity index (χ0) is 13.9. The van der Waals surface area contributed by atoms with Crippen LogP contribution in [-0.2, 0) is 9.59 Å². The lowest BCUT2D eigenvalue weighted by atomic mass is 9.85. The summed E-state index contributed by atoms with van der Waals surface area (Å²) in [6.07, 6.45) is 1.70. The number of rotatable bonds is 2. The van der Waals surface area contributed by atoms with Crippen LogP contribution in [0.3, 0.4) is 0 Å². The van der Waals surface area contributed by atoms with E-state index in [0.717, 1.165) is 12.8 Å². The largest absolute Gasteiger partial charge is 0.359 e. The molecule has 1 rings (SSSR count). The highest BCUT2D eigenvalue weighted by molar-refractivity contribution is 5.84. The van der Waals surface area contributed by atoms with Crippen molar-refractivity contribution >= 4 is 11.8 Å². The molecule has 0 aromatic heterocycles. The second kappa shape index (κ2) is 5.69. The molecule has 1 fully saturated rings. The Balaban J connectivity index is 2.67. The first kappa shape index (κ1) is 15.0. The highest BCUT2D eigenvalue weighted by Gasteiger charge is 2.34. The van der Waals surface area contributed by atoms with Gasteiger partial charge in [-0.1, -0.05) is 20.8 Å². The molecule has 5 heteroatoms. The monoisotopic (exact) mass is 255 g/mol. The van der Waals surface area contributed by atoms with Gasteiger partial charge < -0.3 is 16.0 Å². The highest BCUT2D eigenvalue weighted by Crippen LogP contribution is 2.22. The van der Waals surface area contributed by atoms with E-state index in [-0.39, 0.29) is 23.1 Å². The van der Waals surface area contributed by atoms with E-state index in [1.807, 2.05) is 20.8 Å². The summed E-state index contributed by atoms with van der Waals surface area (Å²) in [7, 11) is 1.63. The van der Waals surface area contributed by atoms with Gasteiger partial charge in [0, 0.05) is 20.1 Å². The average molecular weight is 255 g/mol. The van der Waals surface area contributed by atoms with Crippen LogP contribution in [0.2, 0.25) is 0 Å². The molecule has 1 unspecified atom stereocenters. The molecule has 0 aromatic carbocycles. The van der Waals surface area contributed by atoms with E-state index < -0.39 is 6.04 Å². The van der Waals surface area contributed by atoms with Crippen molar-refractivity contribution in [2.75, 3.05) is 20.1 Å². The normalized spacial score (nSPS) is 22.5. The number of hydrogen-bond acceptors (Lipinski definition) is 3. The molecule has 0 spiro atoms. The van der Waals surface area contributed by atoms with E-state index >= 15 is 0 Å². The number of carbonyl (C=O) groups excluding carboxylic acids is 2. The number of nitrogens with zero attached hydrogens (tertiary/aromatic N) is 1. The van der Waals surface area contributed by atoms with E-state index in [1.54, 1.807) is 11.9 Å². The number of carbonyl (C=O) groups is 2. The molecule has 0 bridgehead atoms. The lowest BCUT2D eigenvalue weighted by molar-refractivity contribution is -0.138. The second-order valence-electron chi connectivity index (χ2n) is 6.08. The molecule has 3 N–H and O–H groups in total. The fraction of sp³-hybridized carbons (Fsp3) is 0.846. The van der Waals surface area contributed by atoms with Crippen molar-refractivity contribution in [1.29, 1.82) is 0 Å². The van der Waals surface area contributed by atoms with Crippen molar-refractivity contribution in [2.45, 2.75) is 39.7 Å². The standard InChI is InChI=1S/C13H25N3O2/c1-13(2,3)10(14)12(18)16-7-5-6-9(8-16)11(17)15-4/h9-10H,5-8,14H2,1-4H3,(H,15,17)/t9?,10-/m0/s1. The molecule has 1 aliphatic heterocycles. The van der Waals surface area contributed by atoms with Crippen LogP contribution < -0.4 is 11.1 Å². The predicted octanol–water partition coefficient (Wildman–Crippen LogP) is 0.344. The van der Waals surface area contributed by atoms with Crippen molar-refractivity contribution < 1.29 is 9.59 Å². The summed E-state index contributed by atoms with van der Waals surface area (Å²) in [5.41, 5.74) is 5.73. The molecule has 5 nitrogen and oxygen atoms in total. The van der Waals surface area contributed by atoms with Crippen molar-refractivity contribution in [2.24, 2.45) is 17.1 Å². The minimum atomic E-state index is -0.513. The van der Waals surface area contributed by atoms with Gasteiger partial charge in [-0.2, -0.15) is 0 Å². The van der Waals surface area contributed by atoms with E-state index in [2.05, 4.69) is 5.32 Å². The quantitative estimate of drug-likeness (QED) is 0.747. The maximum Gasteiger partial charge on any atom is 0.240 e. The summed E-state index contributed by atoms with van der Waals surface area (Å²) in [6, 6.07) is -0.513. The Kier molecular flexibility index (Phi) is 4.73. The lowest BCUT2D eigenvalue weighted by Gasteiger charge is -2.36. The van der Waals surface area contributed by atoms with Crippen LogP contribution in [0.4, 0.5) is 0 Å². The number of piperidine rings is 1. The van der Waals surface area contributed by atoms with E-state index in [4.69, 9.17) is 5.73 Å². The molecule has 1 saturated heterocycles. The lowest BCUT2D eigenvalue weighted by Crippen LogP contribution is -2.54. The number of hydrogen-bond donors (Lipinski definition) is 2. The molecule has 0 aliphatic carbocycles. The van der Waals surface area contributed by atoms with Crippen molar-refractivity contribution in [3.8, 4) is 0 Å². The first-order valence-electron chi connectivity index (χ1n) is 6.53. The zero-order valence-corrected chi connectivity index (χ0v) is 11.8. The third kappa shape index (κ3) is 3.45. The smallest absolute Gasteiger partial charge is 0.240 e. The molecule has 104 valence electrons. The van der Waals surface area contributed by atoms with Gasteiger partial charge in [-0.25, -0.2) is 0 Å². The van der Waals surface area contributed by atoms with Crippen LogP contribution >= 0.6 is 0 Å². The van der Waals surface area contributed by atoms with Crippen molar-refractivity contribution in [1.82, 2.24) is 10.2 Å². The highest BCUT2D eigenvalue weighted by atomic mass is 16.2. The first-order valence-corrected chi connectivity index (χ1v) is 6.53. The Labute approximate surface area is 109 Å². The van der Waals surface area contributed by atoms with Gasteiger partial charge in [0.25, 0.3) is 0 Å². The number of amides is 2. The van der Waals surface area contributed by atoms with Gasteiger partial charge in [0.05, 0.1) is 12.0 Å². The molecule has 2 atom stereocenters. The molecule has 0 aromatic rings. The zero-order valence-electron chi connectivity index (χ0n) is 11.8. The maximum absolute atomic E-state index is 12.3. The van der Waals surface area contributed by atoms with Gasteiger partial charge >= 0.3 is 0 Å². The summed E-state index contributed by atoms with van der Waals surface area (Å²) < 4.78 is 0. The van der Waals surface area contributed by atoms with Gasteiger partial charge in [0.2, 0.25) is 11.8 Å². The first-order chi connectivity index (χ1) is 8.27. The van der Waals surface area contributed by atoms with Gasteiger partial charge in [-0.3, -0.25) is 9.59 Å². The summed E-state index contributed by atoms with van der Waals surface area (Å²) in [5, 5.41) is 2.65. The third-order valence-corrected chi connectivity index (χ3v) is 3.55. The van der Waals surface area contributed by atoms with Crippen LogP contribution in [0.15, 0.2) is 0 Å². The van der Waals surface area contributed by atoms with Gasteiger partial charge in [-0.05, 0) is 18.3 Å². The molecule has 1 aliphatic rings. The van der Waals surface area contributed by atoms with Gasteiger partial charge in [0.15, 0.2) is 0 Å². The van der Waals surface area contributed by atoms with Crippen LogP contribution in [0, 0.1) is 11.3 Å². The minimum absolute atomic E-state index is 0.0110. The Bertz CT molecular complexity index is 323. The molecule has 18 heavy (non-hydrogen) atoms. The summed E-state index contributed by atoms with van der Waals surface area (Å²) in [5.74, 6) is -0.132. The second-order valence-corrected chi connectivity index (χ2v) is 6.08. The summed E-state index contributed by atoms with van der Waals surface area (Å²) >= 11 is 0. The van der Waals surface area contributed by atoms with Gasteiger partial charge in [0.1, 0.15) is 0 Å². The van der Waals surface area contributed by atoms with E-state index in [0.29, 0.717) is 13.1 Å². The fourth-order valence-electron chi connectivity index (χ4n) is 2.16. The molecule has 0 saturated carbocycles. The minimum Gasteiger partial charge on any atom is -0.359 e. The molecular weight excluding hydrogens is 230 g/mol. The van der Waals surface area contributed by atoms with Crippen molar-refractivity contribution in [3.05, 3.63) is 0 Å². The average Bonchev–Trinajstić information content (AvgIpc) is 2.35. The van der Waals surface area contributed by atoms with Gasteiger partial charge in [-0.15, -0.1) is 0 Å². The molecular formula is C13H25N3O2. The molecule has 1 heterocycles. The van der Waals surface area contributed by atoms with Crippen LogP contribution in [-0.4, -0.2) is 42.9 Å². The Hall–Kier alpha value is -1.10. The topological polar surface area (TPSA) is 75.4 Å².